The molecule has 1 aliphatic rings. The van der Waals surface area contributed by atoms with Gasteiger partial charge in [0, 0.05) is 39.3 Å². The van der Waals surface area contributed by atoms with Crippen molar-refractivity contribution in [3.63, 3.8) is 0 Å². The summed E-state index contributed by atoms with van der Waals surface area (Å²) in [5.41, 5.74) is 0. The highest BCUT2D eigenvalue weighted by Crippen LogP contribution is 2.09. The third-order valence-corrected chi connectivity index (χ3v) is 4.53. The van der Waals surface area contributed by atoms with E-state index in [0.29, 0.717) is 19.6 Å². The molecule has 6 heteroatoms. The van der Waals surface area contributed by atoms with Crippen molar-refractivity contribution < 1.29 is 8.42 Å². The van der Waals surface area contributed by atoms with Gasteiger partial charge in [-0.05, 0) is 6.92 Å². The average Bonchev–Trinajstić information content (AvgIpc) is 2.16. The molecule has 0 aromatic heterocycles. The van der Waals surface area contributed by atoms with E-state index >= 15 is 0 Å². The Labute approximate surface area is 86.3 Å². The largest absolute Gasteiger partial charge is 0.312 e. The summed E-state index contributed by atoms with van der Waals surface area (Å²) in [4.78, 5) is 0. The second kappa shape index (κ2) is 4.57. The first-order valence-electron chi connectivity index (χ1n) is 4.93. The fourth-order valence-electron chi connectivity index (χ4n) is 1.47. The van der Waals surface area contributed by atoms with Crippen LogP contribution in [0, 0.1) is 0 Å². The van der Waals surface area contributed by atoms with E-state index in [9.17, 15) is 8.42 Å². The van der Waals surface area contributed by atoms with Crippen LogP contribution in [0.2, 0.25) is 0 Å². The van der Waals surface area contributed by atoms with Gasteiger partial charge in [-0.1, -0.05) is 6.92 Å². The fraction of sp³-hybridized carbons (Fsp3) is 1.00. The highest BCUT2D eigenvalue weighted by Gasteiger charge is 2.29. The van der Waals surface area contributed by atoms with Crippen LogP contribution in [-0.2, 0) is 10.2 Å². The Morgan fingerprint density at radius 2 is 2.21 bits per heavy atom. The van der Waals surface area contributed by atoms with Crippen LogP contribution in [0.3, 0.4) is 0 Å². The van der Waals surface area contributed by atoms with Crippen LogP contribution < -0.4 is 5.32 Å². The molecule has 1 fully saturated rings. The Kier molecular flexibility index (Phi) is 3.88. The Morgan fingerprint density at radius 3 is 2.71 bits per heavy atom. The summed E-state index contributed by atoms with van der Waals surface area (Å²) in [5.74, 6) is 0. The molecule has 5 nitrogen and oxygen atoms in total. The summed E-state index contributed by atoms with van der Waals surface area (Å²) in [6, 6.07) is 0.240. The summed E-state index contributed by atoms with van der Waals surface area (Å²) in [6.45, 7) is 6.21. The predicted molar refractivity (Wildman–Crippen MR) is 56.3 cm³/mol. The first kappa shape index (κ1) is 11.9. The molecule has 1 heterocycles. The van der Waals surface area contributed by atoms with Crippen molar-refractivity contribution in [2.24, 2.45) is 0 Å². The molecule has 0 aliphatic carbocycles. The zero-order chi connectivity index (χ0) is 10.8. The van der Waals surface area contributed by atoms with Crippen LogP contribution in [0.4, 0.5) is 0 Å². The minimum Gasteiger partial charge on any atom is -0.312 e. The molecule has 1 unspecified atom stereocenters. The fourth-order valence-corrected chi connectivity index (χ4v) is 2.92. The summed E-state index contributed by atoms with van der Waals surface area (Å²) in [6.07, 6.45) is 0. The number of nitrogens with zero attached hydrogens (tertiary/aromatic N) is 2. The minimum atomic E-state index is -3.22. The van der Waals surface area contributed by atoms with Gasteiger partial charge in [-0.3, -0.25) is 0 Å². The van der Waals surface area contributed by atoms with Crippen LogP contribution in [0.25, 0.3) is 0 Å². The van der Waals surface area contributed by atoms with Gasteiger partial charge in [0.2, 0.25) is 0 Å². The molecule has 1 rings (SSSR count). The third kappa shape index (κ3) is 2.44. The number of piperazine rings is 1. The molecule has 0 aromatic rings. The number of hydrogen-bond donors (Lipinski definition) is 1. The van der Waals surface area contributed by atoms with Crippen molar-refractivity contribution in [2.45, 2.75) is 19.9 Å². The van der Waals surface area contributed by atoms with Gasteiger partial charge in [-0.15, -0.1) is 0 Å². The van der Waals surface area contributed by atoms with Gasteiger partial charge in [0.05, 0.1) is 0 Å². The summed E-state index contributed by atoms with van der Waals surface area (Å²) in [7, 11) is -1.61. The van der Waals surface area contributed by atoms with Crippen LogP contribution in [0.5, 0.6) is 0 Å². The number of hydrogen-bond acceptors (Lipinski definition) is 3. The lowest BCUT2D eigenvalue weighted by Crippen LogP contribution is -2.54. The second-order valence-electron chi connectivity index (χ2n) is 3.64. The minimum absolute atomic E-state index is 0.240. The van der Waals surface area contributed by atoms with Gasteiger partial charge in [-0.25, -0.2) is 0 Å². The van der Waals surface area contributed by atoms with Gasteiger partial charge in [0.15, 0.2) is 0 Å². The Bertz CT molecular complexity index is 278. The molecular weight excluding hydrogens is 202 g/mol. The molecule has 0 bridgehead atoms. The van der Waals surface area contributed by atoms with Crippen molar-refractivity contribution in [1.29, 1.82) is 0 Å². The molecule has 1 saturated heterocycles. The molecule has 0 spiro atoms. The van der Waals surface area contributed by atoms with E-state index in [-0.39, 0.29) is 6.04 Å². The quantitative estimate of drug-likeness (QED) is 0.697. The van der Waals surface area contributed by atoms with Crippen LogP contribution in [-0.4, -0.2) is 56.3 Å². The van der Waals surface area contributed by atoms with Crippen molar-refractivity contribution in [3.05, 3.63) is 0 Å². The Morgan fingerprint density at radius 1 is 1.57 bits per heavy atom. The Balaban J connectivity index is 2.72. The van der Waals surface area contributed by atoms with E-state index in [4.69, 9.17) is 0 Å². The lowest BCUT2D eigenvalue weighted by atomic mass is 10.3. The van der Waals surface area contributed by atoms with E-state index in [1.807, 2.05) is 13.8 Å². The van der Waals surface area contributed by atoms with Crippen molar-refractivity contribution >= 4 is 10.2 Å². The normalized spacial score (nSPS) is 25.6. The lowest BCUT2D eigenvalue weighted by molar-refractivity contribution is 0.290. The lowest BCUT2D eigenvalue weighted by Gasteiger charge is -2.33. The first-order valence-corrected chi connectivity index (χ1v) is 6.33. The molecular formula is C8H19N3O2S. The zero-order valence-electron chi connectivity index (χ0n) is 9.02. The molecule has 1 aliphatic heterocycles. The van der Waals surface area contributed by atoms with E-state index in [0.717, 1.165) is 6.54 Å². The van der Waals surface area contributed by atoms with Crippen LogP contribution in [0.15, 0.2) is 0 Å². The van der Waals surface area contributed by atoms with Crippen LogP contribution >= 0.6 is 0 Å². The predicted octanol–water partition coefficient (Wildman–Crippen LogP) is -0.523. The second-order valence-corrected chi connectivity index (χ2v) is 5.67. The summed E-state index contributed by atoms with van der Waals surface area (Å²) >= 11 is 0. The monoisotopic (exact) mass is 221 g/mol. The highest BCUT2D eigenvalue weighted by molar-refractivity contribution is 7.86. The van der Waals surface area contributed by atoms with Gasteiger partial charge >= 0.3 is 0 Å². The molecule has 0 radical (unpaired) electrons. The summed E-state index contributed by atoms with van der Waals surface area (Å²) < 4.78 is 26.7. The standard InChI is InChI=1S/C8H19N3O2S/c1-4-10(3)14(12,13)11-6-5-9-8(2)7-11/h8-9H,4-7H2,1-3H3. The summed E-state index contributed by atoms with van der Waals surface area (Å²) in [5, 5.41) is 3.22. The molecule has 1 atom stereocenters. The topological polar surface area (TPSA) is 52.7 Å². The third-order valence-electron chi connectivity index (χ3n) is 2.50. The maximum Gasteiger partial charge on any atom is 0.281 e. The molecule has 0 amide bonds. The number of nitrogens with one attached hydrogen (secondary N) is 1. The zero-order valence-corrected chi connectivity index (χ0v) is 9.84. The van der Waals surface area contributed by atoms with Crippen molar-refractivity contribution in [1.82, 2.24) is 13.9 Å². The molecule has 1 N–H and O–H groups in total. The van der Waals surface area contributed by atoms with Crippen LogP contribution in [0.1, 0.15) is 13.8 Å². The molecule has 0 aromatic carbocycles. The highest BCUT2D eigenvalue weighted by atomic mass is 32.2. The van der Waals surface area contributed by atoms with E-state index < -0.39 is 10.2 Å². The Hall–Kier alpha value is -0.170. The average molecular weight is 221 g/mol. The maximum absolute atomic E-state index is 11.9. The first-order chi connectivity index (χ1) is 6.48. The smallest absolute Gasteiger partial charge is 0.281 e. The van der Waals surface area contributed by atoms with Gasteiger partial charge in [0.25, 0.3) is 10.2 Å². The number of rotatable bonds is 3. The van der Waals surface area contributed by atoms with E-state index in [2.05, 4.69) is 5.32 Å². The van der Waals surface area contributed by atoms with Gasteiger partial charge in [-0.2, -0.15) is 17.0 Å². The van der Waals surface area contributed by atoms with Crippen molar-refractivity contribution in [2.75, 3.05) is 33.2 Å². The molecule has 84 valence electrons. The van der Waals surface area contributed by atoms with Gasteiger partial charge in [0.1, 0.15) is 0 Å². The van der Waals surface area contributed by atoms with E-state index in [1.165, 1.54) is 8.61 Å². The maximum atomic E-state index is 11.9. The van der Waals surface area contributed by atoms with Gasteiger partial charge < -0.3 is 5.32 Å². The van der Waals surface area contributed by atoms with Crippen molar-refractivity contribution in [3.8, 4) is 0 Å². The van der Waals surface area contributed by atoms with E-state index in [1.54, 1.807) is 7.05 Å². The molecule has 0 saturated carbocycles. The molecule has 14 heavy (non-hydrogen) atoms. The SMILES string of the molecule is CCN(C)S(=O)(=O)N1CCNC(C)C1.